The van der Waals surface area contributed by atoms with E-state index in [9.17, 15) is 9.18 Å². The van der Waals surface area contributed by atoms with Crippen molar-refractivity contribution < 1.29 is 9.18 Å². The first-order chi connectivity index (χ1) is 9.49. The van der Waals surface area contributed by atoms with Crippen molar-refractivity contribution in [1.82, 2.24) is 10.2 Å². The predicted octanol–water partition coefficient (Wildman–Crippen LogP) is 1.67. The van der Waals surface area contributed by atoms with Crippen LogP contribution in [-0.4, -0.2) is 37.5 Å². The Hall–Kier alpha value is -1.46. The highest BCUT2D eigenvalue weighted by atomic mass is 19.1. The van der Waals surface area contributed by atoms with Crippen LogP contribution in [-0.2, 0) is 4.79 Å². The number of rotatable bonds is 7. The molecule has 0 aliphatic carbocycles. The highest BCUT2D eigenvalue weighted by Gasteiger charge is 2.23. The van der Waals surface area contributed by atoms with Gasteiger partial charge in [0.15, 0.2) is 0 Å². The van der Waals surface area contributed by atoms with Crippen LogP contribution in [0, 0.1) is 5.82 Å². The Bertz CT molecular complexity index is 439. The lowest BCUT2D eigenvalue weighted by Crippen LogP contribution is -2.40. The first-order valence-corrected chi connectivity index (χ1v) is 6.91. The van der Waals surface area contributed by atoms with Crippen molar-refractivity contribution in [3.05, 3.63) is 35.6 Å². The summed E-state index contributed by atoms with van der Waals surface area (Å²) in [4.78, 5) is 13.4. The number of hydrogen-bond donors (Lipinski definition) is 2. The van der Waals surface area contributed by atoms with Gasteiger partial charge in [-0.1, -0.05) is 19.1 Å². The molecule has 1 aromatic rings. The first-order valence-electron chi connectivity index (χ1n) is 6.91. The Kier molecular flexibility index (Phi) is 6.61. The zero-order chi connectivity index (χ0) is 15.1. The van der Waals surface area contributed by atoms with Crippen molar-refractivity contribution in [2.24, 2.45) is 5.73 Å². The van der Waals surface area contributed by atoms with E-state index in [0.717, 1.165) is 12.0 Å². The lowest BCUT2D eigenvalue weighted by atomic mass is 9.96. The van der Waals surface area contributed by atoms with Gasteiger partial charge in [0.1, 0.15) is 5.82 Å². The van der Waals surface area contributed by atoms with Crippen LogP contribution in [0.1, 0.15) is 31.4 Å². The summed E-state index contributed by atoms with van der Waals surface area (Å²) >= 11 is 0. The van der Waals surface area contributed by atoms with Crippen LogP contribution in [0.15, 0.2) is 24.3 Å². The van der Waals surface area contributed by atoms with Crippen LogP contribution in [0.25, 0.3) is 0 Å². The van der Waals surface area contributed by atoms with Gasteiger partial charge < -0.3 is 11.1 Å². The second kappa shape index (κ2) is 7.97. The number of benzene rings is 1. The van der Waals surface area contributed by atoms with Crippen LogP contribution in [0.5, 0.6) is 0 Å². The lowest BCUT2D eigenvalue weighted by molar-refractivity contribution is -0.121. The third-order valence-electron chi connectivity index (χ3n) is 3.51. The van der Waals surface area contributed by atoms with Gasteiger partial charge in [-0.3, -0.25) is 9.69 Å². The first kappa shape index (κ1) is 16.6. The summed E-state index contributed by atoms with van der Waals surface area (Å²) in [6, 6.07) is 6.29. The van der Waals surface area contributed by atoms with Gasteiger partial charge in [-0.15, -0.1) is 0 Å². The number of carbonyl (C=O) groups excluding carboxylic acids is 1. The molecule has 4 nitrogen and oxygen atoms in total. The minimum Gasteiger partial charge on any atom is -0.359 e. The maximum absolute atomic E-state index is 13.4. The molecule has 112 valence electrons. The largest absolute Gasteiger partial charge is 0.359 e. The lowest BCUT2D eigenvalue weighted by Gasteiger charge is -2.32. The number of nitrogens with two attached hydrogens (primary N) is 1. The molecule has 1 aromatic carbocycles. The third kappa shape index (κ3) is 4.58. The van der Waals surface area contributed by atoms with Crippen molar-refractivity contribution in [2.75, 3.05) is 20.6 Å². The molecule has 0 radical (unpaired) electrons. The molecular formula is C15H24FN3O. The van der Waals surface area contributed by atoms with E-state index in [-0.39, 0.29) is 23.8 Å². The van der Waals surface area contributed by atoms with Crippen LogP contribution >= 0.6 is 0 Å². The van der Waals surface area contributed by atoms with Gasteiger partial charge in [0, 0.05) is 32.1 Å². The molecule has 0 saturated carbocycles. The molecular weight excluding hydrogens is 257 g/mol. The molecule has 0 aliphatic heterocycles. The molecule has 2 unspecified atom stereocenters. The molecule has 3 N–H and O–H groups in total. The summed E-state index contributed by atoms with van der Waals surface area (Å²) in [5.74, 6) is -0.282. The van der Waals surface area contributed by atoms with E-state index in [1.54, 1.807) is 13.1 Å². The van der Waals surface area contributed by atoms with Crippen LogP contribution in [0.4, 0.5) is 4.39 Å². The summed E-state index contributed by atoms with van der Waals surface area (Å²) < 4.78 is 13.4. The van der Waals surface area contributed by atoms with E-state index >= 15 is 0 Å². The number of hydrogen-bond acceptors (Lipinski definition) is 3. The van der Waals surface area contributed by atoms with Gasteiger partial charge in [-0.2, -0.15) is 0 Å². The molecule has 0 spiro atoms. The standard InChI is InChI=1S/C15H24FN3O/c1-4-13(17)15(11-6-5-7-12(16)10-11)19(3)9-8-14(20)18-2/h5-7,10,13,15H,4,8-9,17H2,1-3H3,(H,18,20). The second-order valence-corrected chi connectivity index (χ2v) is 4.98. The Morgan fingerprint density at radius 3 is 2.75 bits per heavy atom. The van der Waals surface area contributed by atoms with Gasteiger partial charge in [-0.25, -0.2) is 4.39 Å². The molecule has 0 heterocycles. The van der Waals surface area contributed by atoms with Crippen molar-refractivity contribution in [3.63, 3.8) is 0 Å². The van der Waals surface area contributed by atoms with E-state index < -0.39 is 0 Å². The zero-order valence-corrected chi connectivity index (χ0v) is 12.4. The molecule has 1 amide bonds. The highest BCUT2D eigenvalue weighted by Crippen LogP contribution is 2.24. The number of halogens is 1. The number of nitrogens with one attached hydrogen (secondary N) is 1. The smallest absolute Gasteiger partial charge is 0.221 e. The number of amides is 1. The minimum absolute atomic E-state index is 0.0140. The van der Waals surface area contributed by atoms with E-state index in [0.29, 0.717) is 13.0 Å². The van der Waals surface area contributed by atoms with Crippen molar-refractivity contribution >= 4 is 5.91 Å². The molecule has 5 heteroatoms. The SMILES string of the molecule is CCC(N)C(c1cccc(F)c1)N(C)CCC(=O)NC. The molecule has 0 saturated heterocycles. The Morgan fingerprint density at radius 1 is 1.50 bits per heavy atom. The number of carbonyl (C=O) groups is 1. The van der Waals surface area contributed by atoms with Gasteiger partial charge in [-0.05, 0) is 31.2 Å². The highest BCUT2D eigenvalue weighted by molar-refractivity contribution is 5.75. The van der Waals surface area contributed by atoms with Gasteiger partial charge >= 0.3 is 0 Å². The predicted molar refractivity (Wildman–Crippen MR) is 78.7 cm³/mol. The van der Waals surface area contributed by atoms with Gasteiger partial charge in [0.05, 0.1) is 0 Å². The van der Waals surface area contributed by atoms with Crippen molar-refractivity contribution in [3.8, 4) is 0 Å². The van der Waals surface area contributed by atoms with Gasteiger partial charge in [0.25, 0.3) is 0 Å². The van der Waals surface area contributed by atoms with Crippen molar-refractivity contribution in [1.29, 1.82) is 0 Å². The van der Waals surface area contributed by atoms with Crippen LogP contribution in [0.3, 0.4) is 0 Å². The van der Waals surface area contributed by atoms with Crippen LogP contribution in [0.2, 0.25) is 0 Å². The molecule has 0 bridgehead atoms. The fourth-order valence-electron chi connectivity index (χ4n) is 2.28. The Balaban J connectivity index is 2.86. The number of nitrogens with zero attached hydrogens (tertiary/aromatic N) is 1. The molecule has 20 heavy (non-hydrogen) atoms. The van der Waals surface area contributed by atoms with E-state index in [1.165, 1.54) is 12.1 Å². The normalized spacial score (nSPS) is 14.1. The Morgan fingerprint density at radius 2 is 2.20 bits per heavy atom. The minimum atomic E-state index is -0.268. The average Bonchev–Trinajstić information content (AvgIpc) is 2.44. The molecule has 1 rings (SSSR count). The third-order valence-corrected chi connectivity index (χ3v) is 3.51. The van der Waals surface area contributed by atoms with Crippen LogP contribution < -0.4 is 11.1 Å². The fourth-order valence-corrected chi connectivity index (χ4v) is 2.28. The van der Waals surface area contributed by atoms with Gasteiger partial charge in [0.2, 0.25) is 5.91 Å². The zero-order valence-electron chi connectivity index (χ0n) is 12.4. The fraction of sp³-hybridized carbons (Fsp3) is 0.533. The summed E-state index contributed by atoms with van der Waals surface area (Å²) in [5, 5.41) is 2.59. The molecule has 2 atom stereocenters. The quantitative estimate of drug-likeness (QED) is 0.799. The average molecular weight is 281 g/mol. The van der Waals surface area contributed by atoms with Crippen molar-refractivity contribution in [2.45, 2.75) is 31.8 Å². The Labute approximate surface area is 120 Å². The van der Waals surface area contributed by atoms with E-state index in [2.05, 4.69) is 5.32 Å². The molecule has 0 fully saturated rings. The van der Waals surface area contributed by atoms with E-state index in [4.69, 9.17) is 5.73 Å². The summed E-state index contributed by atoms with van der Waals surface area (Å²) in [6.45, 7) is 2.58. The second-order valence-electron chi connectivity index (χ2n) is 4.98. The van der Waals surface area contributed by atoms with E-state index in [1.807, 2.05) is 24.9 Å². The molecule has 0 aromatic heterocycles. The summed E-state index contributed by atoms with van der Waals surface area (Å²) in [7, 11) is 3.53. The summed E-state index contributed by atoms with van der Waals surface area (Å²) in [6.07, 6.45) is 1.18. The maximum Gasteiger partial charge on any atom is 0.221 e. The number of likely N-dealkylation sites (N-methyl/N-ethyl adjacent to an activating group) is 1. The maximum atomic E-state index is 13.4. The topological polar surface area (TPSA) is 58.4 Å². The summed E-state index contributed by atoms with van der Waals surface area (Å²) in [5.41, 5.74) is 7.02. The monoisotopic (exact) mass is 281 g/mol. The molecule has 0 aliphatic rings.